The van der Waals surface area contributed by atoms with Gasteiger partial charge in [-0.1, -0.05) is 0 Å². The largest absolute Gasteiger partial charge is 0.394 e. The highest BCUT2D eigenvalue weighted by molar-refractivity contribution is 5.01. The summed E-state index contributed by atoms with van der Waals surface area (Å²) in [6.45, 7) is 3.16. The molecule has 3 heteroatoms. The lowest BCUT2D eigenvalue weighted by atomic mass is 9.95. The van der Waals surface area contributed by atoms with Gasteiger partial charge in [0.1, 0.15) is 0 Å². The topological polar surface area (TPSA) is 41.5 Å². The predicted molar refractivity (Wildman–Crippen MR) is 59.7 cm³/mol. The van der Waals surface area contributed by atoms with Gasteiger partial charge in [0.05, 0.1) is 13.2 Å². The summed E-state index contributed by atoms with van der Waals surface area (Å²) in [6.07, 6.45) is 5.14. The van der Waals surface area contributed by atoms with Gasteiger partial charge in [0.2, 0.25) is 0 Å². The Morgan fingerprint density at radius 2 is 2.07 bits per heavy atom. The third kappa shape index (κ3) is 2.71. The molecule has 0 spiro atoms. The molecule has 2 unspecified atom stereocenters. The maximum atomic E-state index is 9.51. The summed E-state index contributed by atoms with van der Waals surface area (Å²) in [5.41, 5.74) is -0.0776. The summed E-state index contributed by atoms with van der Waals surface area (Å²) in [7, 11) is 1.75. The summed E-state index contributed by atoms with van der Waals surface area (Å²) in [5, 5.41) is 13.1. The van der Waals surface area contributed by atoms with Crippen LogP contribution in [0.1, 0.15) is 32.6 Å². The minimum Gasteiger partial charge on any atom is -0.394 e. The van der Waals surface area contributed by atoms with Crippen LogP contribution in [0.3, 0.4) is 0 Å². The van der Waals surface area contributed by atoms with Crippen LogP contribution >= 0.6 is 0 Å². The molecule has 2 aliphatic carbocycles. The zero-order valence-corrected chi connectivity index (χ0v) is 9.83. The van der Waals surface area contributed by atoms with E-state index in [-0.39, 0.29) is 12.1 Å². The summed E-state index contributed by atoms with van der Waals surface area (Å²) >= 11 is 0. The van der Waals surface area contributed by atoms with Gasteiger partial charge in [0.25, 0.3) is 0 Å². The fraction of sp³-hybridized carbons (Fsp3) is 1.00. The highest BCUT2D eigenvalue weighted by atomic mass is 16.5. The van der Waals surface area contributed by atoms with Crippen LogP contribution in [0.15, 0.2) is 0 Å². The molecule has 88 valence electrons. The molecule has 2 fully saturated rings. The van der Waals surface area contributed by atoms with Crippen LogP contribution in [0, 0.1) is 11.8 Å². The highest BCUT2D eigenvalue weighted by Gasteiger charge is 2.44. The third-order valence-electron chi connectivity index (χ3n) is 3.86. The van der Waals surface area contributed by atoms with Gasteiger partial charge >= 0.3 is 0 Å². The van der Waals surface area contributed by atoms with Gasteiger partial charge in [-0.2, -0.15) is 0 Å². The first kappa shape index (κ1) is 11.4. The number of rotatable bonds is 7. The lowest BCUT2D eigenvalue weighted by molar-refractivity contribution is 0.0976. The van der Waals surface area contributed by atoms with Crippen molar-refractivity contribution in [3.8, 4) is 0 Å². The Morgan fingerprint density at radius 1 is 1.40 bits per heavy atom. The molecule has 0 aliphatic heterocycles. The predicted octanol–water partition coefficient (Wildman–Crippen LogP) is 1.16. The molecule has 2 saturated carbocycles. The van der Waals surface area contributed by atoms with Crippen molar-refractivity contribution in [2.75, 3.05) is 20.3 Å². The number of ether oxygens (including phenoxy) is 1. The minimum atomic E-state index is -0.0776. The van der Waals surface area contributed by atoms with Crippen LogP contribution in [0.4, 0.5) is 0 Å². The van der Waals surface area contributed by atoms with Gasteiger partial charge in [0.15, 0.2) is 0 Å². The molecule has 0 bridgehead atoms. The van der Waals surface area contributed by atoms with Gasteiger partial charge in [-0.05, 0) is 44.4 Å². The van der Waals surface area contributed by atoms with Crippen LogP contribution in [0.2, 0.25) is 0 Å². The number of aliphatic hydroxyl groups is 1. The van der Waals surface area contributed by atoms with E-state index in [0.717, 1.165) is 12.5 Å². The van der Waals surface area contributed by atoms with Gasteiger partial charge in [-0.15, -0.1) is 0 Å². The maximum absolute atomic E-state index is 9.51. The van der Waals surface area contributed by atoms with Crippen LogP contribution < -0.4 is 5.32 Å². The Bertz CT molecular complexity index is 214. The molecule has 2 aliphatic rings. The number of methoxy groups -OCH3 is 1. The average molecular weight is 213 g/mol. The molecule has 2 N–H and O–H groups in total. The highest BCUT2D eigenvalue weighted by Crippen LogP contribution is 2.41. The van der Waals surface area contributed by atoms with E-state index in [4.69, 9.17) is 4.74 Å². The number of hydrogen-bond acceptors (Lipinski definition) is 3. The SMILES string of the molecule is COCC(NC(C)(CO)C1CC1)C1CC1. The van der Waals surface area contributed by atoms with E-state index in [1.165, 1.54) is 25.7 Å². The fourth-order valence-corrected chi connectivity index (χ4v) is 2.41. The lowest BCUT2D eigenvalue weighted by Gasteiger charge is -2.34. The van der Waals surface area contributed by atoms with Crippen molar-refractivity contribution in [2.45, 2.75) is 44.2 Å². The van der Waals surface area contributed by atoms with Crippen molar-refractivity contribution in [2.24, 2.45) is 11.8 Å². The van der Waals surface area contributed by atoms with Gasteiger partial charge in [-0.3, -0.25) is 0 Å². The Kier molecular flexibility index (Phi) is 3.33. The van der Waals surface area contributed by atoms with Crippen molar-refractivity contribution >= 4 is 0 Å². The normalized spacial score (nSPS) is 27.4. The quantitative estimate of drug-likeness (QED) is 0.667. The number of aliphatic hydroxyl groups excluding tert-OH is 1. The molecular formula is C12H23NO2. The molecule has 0 aromatic rings. The zero-order valence-electron chi connectivity index (χ0n) is 9.83. The molecule has 15 heavy (non-hydrogen) atoms. The van der Waals surface area contributed by atoms with E-state index >= 15 is 0 Å². The van der Waals surface area contributed by atoms with Crippen LogP contribution in [-0.2, 0) is 4.74 Å². The molecule has 0 aromatic heterocycles. The van der Waals surface area contributed by atoms with Crippen LogP contribution in [0.25, 0.3) is 0 Å². The maximum Gasteiger partial charge on any atom is 0.0618 e. The summed E-state index contributed by atoms with van der Waals surface area (Å²) < 4.78 is 5.25. The average Bonchev–Trinajstić information content (AvgIpc) is 3.07. The van der Waals surface area contributed by atoms with Crippen LogP contribution in [0.5, 0.6) is 0 Å². The molecular weight excluding hydrogens is 190 g/mol. The minimum absolute atomic E-state index is 0.0776. The lowest BCUT2D eigenvalue weighted by Crippen LogP contribution is -2.54. The Morgan fingerprint density at radius 3 is 2.47 bits per heavy atom. The Balaban J connectivity index is 1.90. The molecule has 0 saturated heterocycles. The standard InChI is InChI=1S/C12H23NO2/c1-12(8-14,10-5-6-10)13-11(7-15-2)9-3-4-9/h9-11,13-14H,3-8H2,1-2H3. The smallest absolute Gasteiger partial charge is 0.0618 e. The Hall–Kier alpha value is -0.120. The second-order valence-electron chi connectivity index (χ2n) is 5.39. The molecule has 0 amide bonds. The number of hydrogen-bond donors (Lipinski definition) is 2. The molecule has 3 nitrogen and oxygen atoms in total. The van der Waals surface area contributed by atoms with Crippen molar-refractivity contribution in [3.05, 3.63) is 0 Å². The van der Waals surface area contributed by atoms with E-state index in [0.29, 0.717) is 12.0 Å². The van der Waals surface area contributed by atoms with E-state index in [1.54, 1.807) is 7.11 Å². The first-order valence-corrected chi connectivity index (χ1v) is 6.07. The zero-order chi connectivity index (χ0) is 10.9. The first-order valence-electron chi connectivity index (χ1n) is 6.07. The van der Waals surface area contributed by atoms with E-state index < -0.39 is 0 Å². The summed E-state index contributed by atoms with van der Waals surface area (Å²) in [6, 6.07) is 0.438. The van der Waals surface area contributed by atoms with Crippen molar-refractivity contribution in [1.29, 1.82) is 0 Å². The van der Waals surface area contributed by atoms with Crippen molar-refractivity contribution < 1.29 is 9.84 Å². The van der Waals surface area contributed by atoms with Gasteiger partial charge < -0.3 is 15.2 Å². The second-order valence-corrected chi connectivity index (χ2v) is 5.39. The second kappa shape index (κ2) is 4.40. The first-order chi connectivity index (χ1) is 7.19. The molecule has 2 atom stereocenters. The monoisotopic (exact) mass is 213 g/mol. The number of nitrogens with one attached hydrogen (secondary N) is 1. The molecule has 2 rings (SSSR count). The van der Waals surface area contributed by atoms with E-state index in [1.807, 2.05) is 0 Å². The van der Waals surface area contributed by atoms with Crippen molar-refractivity contribution in [3.63, 3.8) is 0 Å². The summed E-state index contributed by atoms with van der Waals surface area (Å²) in [5.74, 6) is 1.44. The van der Waals surface area contributed by atoms with E-state index in [9.17, 15) is 5.11 Å². The van der Waals surface area contributed by atoms with Gasteiger partial charge in [0, 0.05) is 18.7 Å². The van der Waals surface area contributed by atoms with Crippen molar-refractivity contribution in [1.82, 2.24) is 5.32 Å². The molecule has 0 heterocycles. The van der Waals surface area contributed by atoms with Crippen LogP contribution in [-0.4, -0.2) is 37.0 Å². The third-order valence-corrected chi connectivity index (χ3v) is 3.86. The van der Waals surface area contributed by atoms with E-state index in [2.05, 4.69) is 12.2 Å². The molecule has 0 radical (unpaired) electrons. The summed E-state index contributed by atoms with van der Waals surface area (Å²) in [4.78, 5) is 0. The molecule has 0 aromatic carbocycles. The fourth-order valence-electron chi connectivity index (χ4n) is 2.41. The van der Waals surface area contributed by atoms with Gasteiger partial charge in [-0.25, -0.2) is 0 Å². The Labute approximate surface area is 92.2 Å².